The molecule has 23 heavy (non-hydrogen) atoms. The van der Waals surface area contributed by atoms with Crippen LogP contribution in [0.25, 0.3) is 0 Å². The van der Waals surface area contributed by atoms with Crippen LogP contribution >= 0.6 is 0 Å². The summed E-state index contributed by atoms with van der Waals surface area (Å²) in [6, 6.07) is 0.231. The number of aromatic nitrogens is 2. The smallest absolute Gasteiger partial charge is 0.317 e. The number of carbonyl (C=O) groups excluding carboxylic acids is 1. The Labute approximate surface area is 136 Å². The lowest BCUT2D eigenvalue weighted by Crippen LogP contribution is -2.49. The lowest BCUT2D eigenvalue weighted by Gasteiger charge is -2.37. The number of nitrogens with one attached hydrogen (secondary N) is 1. The second-order valence-corrected chi connectivity index (χ2v) is 6.17. The molecule has 2 aliphatic heterocycles. The van der Waals surface area contributed by atoms with Crippen LogP contribution in [0.1, 0.15) is 31.6 Å². The van der Waals surface area contributed by atoms with Gasteiger partial charge < -0.3 is 14.7 Å². The summed E-state index contributed by atoms with van der Waals surface area (Å²) in [6.45, 7) is 11.5. The SMILES string of the molecule is CCc1noc(C(C)N2CCN(CCN3CCNC3=O)CC2)n1. The Hall–Kier alpha value is -1.67. The molecule has 1 aromatic heterocycles. The standard InChI is InChI=1S/C15H26N6O2/c1-3-13-17-14(23-18-13)12(2)20-9-6-19(7-10-20)8-11-21-5-4-16-15(21)22/h12H,3-11H2,1-2H3,(H,16,22). The molecule has 8 heteroatoms. The summed E-state index contributed by atoms with van der Waals surface area (Å²) in [5, 5.41) is 6.82. The Kier molecular flexibility index (Phi) is 5.12. The average molecular weight is 322 g/mol. The molecular weight excluding hydrogens is 296 g/mol. The minimum absolute atomic E-state index is 0.0698. The van der Waals surface area contributed by atoms with Crippen LogP contribution < -0.4 is 5.32 Å². The van der Waals surface area contributed by atoms with Crippen molar-refractivity contribution in [3.63, 3.8) is 0 Å². The van der Waals surface area contributed by atoms with Gasteiger partial charge in [-0.2, -0.15) is 4.98 Å². The van der Waals surface area contributed by atoms with E-state index in [1.54, 1.807) is 0 Å². The minimum Gasteiger partial charge on any atom is -0.338 e. The molecule has 2 amide bonds. The van der Waals surface area contributed by atoms with Crippen molar-refractivity contribution in [3.8, 4) is 0 Å². The van der Waals surface area contributed by atoms with Crippen LogP contribution in [0.4, 0.5) is 4.79 Å². The lowest BCUT2D eigenvalue weighted by molar-refractivity contribution is 0.0846. The van der Waals surface area contributed by atoms with Gasteiger partial charge in [-0.05, 0) is 6.92 Å². The molecule has 2 saturated heterocycles. The fourth-order valence-corrected chi connectivity index (χ4v) is 3.10. The molecule has 0 radical (unpaired) electrons. The summed E-state index contributed by atoms with van der Waals surface area (Å²) in [4.78, 5) is 22.7. The van der Waals surface area contributed by atoms with Gasteiger partial charge in [-0.3, -0.25) is 9.80 Å². The number of carbonyl (C=O) groups is 1. The van der Waals surface area contributed by atoms with E-state index in [9.17, 15) is 4.79 Å². The quantitative estimate of drug-likeness (QED) is 0.813. The monoisotopic (exact) mass is 322 g/mol. The number of hydrogen-bond donors (Lipinski definition) is 1. The van der Waals surface area contributed by atoms with Gasteiger partial charge in [-0.15, -0.1) is 0 Å². The molecule has 1 unspecified atom stereocenters. The Morgan fingerprint density at radius 3 is 2.61 bits per heavy atom. The zero-order valence-corrected chi connectivity index (χ0v) is 14.0. The van der Waals surface area contributed by atoms with E-state index in [0.717, 1.165) is 64.6 Å². The van der Waals surface area contributed by atoms with E-state index in [1.165, 1.54) is 0 Å². The number of rotatable bonds is 6. The molecule has 1 aromatic rings. The minimum atomic E-state index is 0.0698. The van der Waals surface area contributed by atoms with Gasteiger partial charge in [-0.1, -0.05) is 12.1 Å². The number of nitrogens with zero attached hydrogens (tertiary/aromatic N) is 5. The lowest BCUT2D eigenvalue weighted by atomic mass is 10.2. The molecule has 0 saturated carbocycles. The molecule has 2 fully saturated rings. The second-order valence-electron chi connectivity index (χ2n) is 6.17. The summed E-state index contributed by atoms with van der Waals surface area (Å²) >= 11 is 0. The summed E-state index contributed by atoms with van der Waals surface area (Å²) in [6.07, 6.45) is 0.800. The first-order valence-electron chi connectivity index (χ1n) is 8.49. The van der Waals surface area contributed by atoms with Crippen molar-refractivity contribution >= 4 is 6.03 Å². The summed E-state index contributed by atoms with van der Waals surface area (Å²) in [7, 11) is 0. The summed E-state index contributed by atoms with van der Waals surface area (Å²) in [5.74, 6) is 1.48. The molecule has 1 N–H and O–H groups in total. The number of amides is 2. The predicted octanol–water partition coefficient (Wildman–Crippen LogP) is 0.336. The van der Waals surface area contributed by atoms with Crippen molar-refractivity contribution in [2.45, 2.75) is 26.3 Å². The maximum Gasteiger partial charge on any atom is 0.317 e. The molecule has 2 aliphatic rings. The molecule has 128 valence electrons. The second kappa shape index (κ2) is 7.27. The van der Waals surface area contributed by atoms with E-state index in [2.05, 4.69) is 32.2 Å². The van der Waals surface area contributed by atoms with Crippen molar-refractivity contribution in [2.75, 3.05) is 52.4 Å². The van der Waals surface area contributed by atoms with E-state index < -0.39 is 0 Å². The zero-order valence-electron chi connectivity index (χ0n) is 14.0. The van der Waals surface area contributed by atoms with Crippen LogP contribution in [-0.2, 0) is 6.42 Å². The number of hydrogen-bond acceptors (Lipinski definition) is 6. The topological polar surface area (TPSA) is 77.7 Å². The highest BCUT2D eigenvalue weighted by Crippen LogP contribution is 2.20. The van der Waals surface area contributed by atoms with Crippen LogP contribution in [0.15, 0.2) is 4.52 Å². The summed E-state index contributed by atoms with van der Waals surface area (Å²) < 4.78 is 5.36. The Morgan fingerprint density at radius 2 is 2.00 bits per heavy atom. The van der Waals surface area contributed by atoms with E-state index >= 15 is 0 Å². The molecule has 0 aliphatic carbocycles. The fraction of sp³-hybridized carbons (Fsp3) is 0.800. The Morgan fingerprint density at radius 1 is 1.22 bits per heavy atom. The third kappa shape index (κ3) is 3.81. The van der Waals surface area contributed by atoms with Crippen molar-refractivity contribution in [2.24, 2.45) is 0 Å². The van der Waals surface area contributed by atoms with Crippen molar-refractivity contribution in [1.82, 2.24) is 30.2 Å². The molecule has 0 bridgehead atoms. The number of aryl methyl sites for hydroxylation is 1. The van der Waals surface area contributed by atoms with Crippen LogP contribution in [0.2, 0.25) is 0 Å². The highest BCUT2D eigenvalue weighted by molar-refractivity contribution is 5.76. The van der Waals surface area contributed by atoms with Gasteiger partial charge in [0.05, 0.1) is 6.04 Å². The highest BCUT2D eigenvalue weighted by Gasteiger charge is 2.26. The van der Waals surface area contributed by atoms with E-state index in [4.69, 9.17) is 4.52 Å². The normalized spacial score (nSPS) is 21.7. The Bertz CT molecular complexity index is 526. The van der Waals surface area contributed by atoms with Crippen LogP contribution in [-0.4, -0.2) is 83.2 Å². The van der Waals surface area contributed by atoms with E-state index in [1.807, 2.05) is 11.8 Å². The van der Waals surface area contributed by atoms with Crippen LogP contribution in [0, 0.1) is 0 Å². The van der Waals surface area contributed by atoms with Gasteiger partial charge in [0.2, 0.25) is 5.89 Å². The zero-order chi connectivity index (χ0) is 16.2. The molecule has 1 atom stereocenters. The van der Waals surface area contributed by atoms with E-state index in [-0.39, 0.29) is 12.1 Å². The third-order valence-corrected chi connectivity index (χ3v) is 4.74. The van der Waals surface area contributed by atoms with Gasteiger partial charge in [0.1, 0.15) is 0 Å². The molecular formula is C15H26N6O2. The largest absolute Gasteiger partial charge is 0.338 e. The highest BCUT2D eigenvalue weighted by atomic mass is 16.5. The van der Waals surface area contributed by atoms with Crippen molar-refractivity contribution in [1.29, 1.82) is 0 Å². The van der Waals surface area contributed by atoms with Crippen LogP contribution in [0.5, 0.6) is 0 Å². The Balaban J connectivity index is 1.43. The maximum atomic E-state index is 11.5. The number of piperazine rings is 1. The first-order valence-corrected chi connectivity index (χ1v) is 8.49. The van der Waals surface area contributed by atoms with Gasteiger partial charge in [-0.25, -0.2) is 4.79 Å². The first kappa shape index (κ1) is 16.2. The predicted molar refractivity (Wildman–Crippen MR) is 85.1 cm³/mol. The summed E-state index contributed by atoms with van der Waals surface area (Å²) in [5.41, 5.74) is 0. The van der Waals surface area contributed by atoms with Gasteiger partial charge in [0, 0.05) is 58.8 Å². The molecule has 0 spiro atoms. The molecule has 8 nitrogen and oxygen atoms in total. The van der Waals surface area contributed by atoms with Gasteiger partial charge in [0.15, 0.2) is 5.82 Å². The number of urea groups is 1. The third-order valence-electron chi connectivity index (χ3n) is 4.74. The van der Waals surface area contributed by atoms with Gasteiger partial charge in [0.25, 0.3) is 0 Å². The van der Waals surface area contributed by atoms with Crippen LogP contribution in [0.3, 0.4) is 0 Å². The first-order chi connectivity index (χ1) is 11.2. The molecule has 0 aromatic carbocycles. The van der Waals surface area contributed by atoms with E-state index in [0.29, 0.717) is 5.89 Å². The fourth-order valence-electron chi connectivity index (χ4n) is 3.10. The van der Waals surface area contributed by atoms with Gasteiger partial charge >= 0.3 is 6.03 Å². The maximum absolute atomic E-state index is 11.5. The molecule has 3 heterocycles. The van der Waals surface area contributed by atoms with Crippen molar-refractivity contribution < 1.29 is 9.32 Å². The van der Waals surface area contributed by atoms with Crippen molar-refractivity contribution in [3.05, 3.63) is 11.7 Å². The molecule has 3 rings (SSSR count). The average Bonchev–Trinajstić information content (AvgIpc) is 3.21.